The molecule has 1 saturated heterocycles. The molecule has 36 heavy (non-hydrogen) atoms. The van der Waals surface area contributed by atoms with Crippen LogP contribution in [-0.2, 0) is 17.9 Å². The van der Waals surface area contributed by atoms with E-state index < -0.39 is 5.91 Å². The number of rotatable bonds is 8. The van der Waals surface area contributed by atoms with Crippen LogP contribution in [-0.4, -0.2) is 22.7 Å². The first-order valence-electron chi connectivity index (χ1n) is 10.8. The van der Waals surface area contributed by atoms with E-state index in [1.165, 1.54) is 0 Å². The monoisotopic (exact) mass is 625 g/mol. The Labute approximate surface area is 236 Å². The van der Waals surface area contributed by atoms with Crippen LogP contribution in [0.25, 0.3) is 6.08 Å². The van der Waals surface area contributed by atoms with E-state index in [0.717, 1.165) is 22.2 Å². The number of nitrogens with zero attached hydrogens (tertiary/aromatic N) is 1. The zero-order chi connectivity index (χ0) is 25.8. The molecule has 0 aliphatic carbocycles. The number of carbonyl (C=O) groups is 2. The summed E-state index contributed by atoms with van der Waals surface area (Å²) in [5.41, 5.74) is 2.14. The van der Waals surface area contributed by atoms with Crippen LogP contribution in [0.15, 0.2) is 64.0 Å². The van der Waals surface area contributed by atoms with Crippen molar-refractivity contribution in [1.29, 1.82) is 0 Å². The minimum absolute atomic E-state index is 0.0563. The maximum Gasteiger partial charge on any atom is 0.293 e. The third kappa shape index (κ3) is 6.21. The van der Waals surface area contributed by atoms with Crippen LogP contribution in [0.2, 0.25) is 15.1 Å². The molecule has 0 N–H and O–H groups in total. The average Bonchev–Trinajstić information content (AvgIpc) is 3.08. The number of ether oxygens (including phenoxy) is 2. The van der Waals surface area contributed by atoms with Crippen molar-refractivity contribution in [2.45, 2.75) is 20.1 Å². The second kappa shape index (κ2) is 11.9. The van der Waals surface area contributed by atoms with Gasteiger partial charge in [0.05, 0.1) is 22.5 Å². The predicted octanol–water partition coefficient (Wildman–Crippen LogP) is 8.62. The van der Waals surface area contributed by atoms with Crippen LogP contribution in [0.3, 0.4) is 0 Å². The standard InChI is InChI=1S/C26H19BrCl3NO4S/c1-2-34-22-10-15(9-19(27)24(22)35-14-17-5-3-4-6-20(17)29)11-23-25(32)31(26(33)36-23)13-16-7-8-18(28)12-21(16)30/h3-12H,2,13-14H2,1H3/b23-11-. The zero-order valence-corrected chi connectivity index (χ0v) is 23.6. The number of thioether (sulfide) groups is 1. The van der Waals surface area contributed by atoms with Crippen molar-refractivity contribution in [3.05, 3.63) is 95.7 Å². The van der Waals surface area contributed by atoms with Gasteiger partial charge in [-0.1, -0.05) is 59.1 Å². The van der Waals surface area contributed by atoms with Gasteiger partial charge in [-0.3, -0.25) is 14.5 Å². The highest BCUT2D eigenvalue weighted by Crippen LogP contribution is 2.40. The van der Waals surface area contributed by atoms with E-state index in [1.807, 2.05) is 25.1 Å². The zero-order valence-electron chi connectivity index (χ0n) is 18.9. The Morgan fingerprint density at radius 3 is 2.47 bits per heavy atom. The van der Waals surface area contributed by atoms with Crippen LogP contribution < -0.4 is 9.47 Å². The van der Waals surface area contributed by atoms with E-state index in [0.29, 0.717) is 53.7 Å². The lowest BCUT2D eigenvalue weighted by Gasteiger charge is -2.15. The van der Waals surface area contributed by atoms with Crippen LogP contribution in [0.5, 0.6) is 11.5 Å². The summed E-state index contributed by atoms with van der Waals surface area (Å²) in [4.78, 5) is 27.1. The maximum absolute atomic E-state index is 13.0. The number of hydrogen-bond acceptors (Lipinski definition) is 5. The fourth-order valence-corrected chi connectivity index (χ4v) is 5.52. The lowest BCUT2D eigenvalue weighted by Crippen LogP contribution is -2.27. The number of benzene rings is 3. The molecule has 186 valence electrons. The summed E-state index contributed by atoms with van der Waals surface area (Å²) in [6.07, 6.45) is 1.65. The Morgan fingerprint density at radius 2 is 1.75 bits per heavy atom. The molecular formula is C26H19BrCl3NO4S. The minimum Gasteiger partial charge on any atom is -0.490 e. The molecule has 0 saturated carbocycles. The van der Waals surface area contributed by atoms with Crippen molar-refractivity contribution < 1.29 is 19.1 Å². The van der Waals surface area contributed by atoms with Crippen LogP contribution in [0.4, 0.5) is 4.79 Å². The highest BCUT2D eigenvalue weighted by molar-refractivity contribution is 9.10. The number of hydrogen-bond donors (Lipinski definition) is 0. The number of imide groups is 1. The molecular weight excluding hydrogens is 609 g/mol. The summed E-state index contributed by atoms with van der Waals surface area (Å²) >= 11 is 22.8. The van der Waals surface area contributed by atoms with Crippen molar-refractivity contribution >= 4 is 79.7 Å². The Kier molecular flexibility index (Phi) is 8.91. The average molecular weight is 628 g/mol. The molecule has 1 heterocycles. The highest BCUT2D eigenvalue weighted by Gasteiger charge is 2.35. The van der Waals surface area contributed by atoms with Crippen molar-refractivity contribution in [1.82, 2.24) is 4.90 Å². The summed E-state index contributed by atoms with van der Waals surface area (Å²) in [5.74, 6) is 0.612. The molecule has 0 atom stereocenters. The van der Waals surface area contributed by atoms with Crippen LogP contribution in [0, 0.1) is 0 Å². The molecule has 3 aromatic carbocycles. The van der Waals surface area contributed by atoms with E-state index >= 15 is 0 Å². The lowest BCUT2D eigenvalue weighted by atomic mass is 10.1. The van der Waals surface area contributed by atoms with Crippen molar-refractivity contribution in [2.75, 3.05) is 6.61 Å². The Hall–Kier alpha value is -2.16. The lowest BCUT2D eigenvalue weighted by molar-refractivity contribution is -0.123. The van der Waals surface area contributed by atoms with E-state index in [1.54, 1.807) is 42.5 Å². The van der Waals surface area contributed by atoms with Crippen molar-refractivity contribution in [3.8, 4) is 11.5 Å². The summed E-state index contributed by atoms with van der Waals surface area (Å²) in [6, 6.07) is 15.9. The molecule has 4 rings (SSSR count). The molecule has 0 aromatic heterocycles. The van der Waals surface area contributed by atoms with Crippen molar-refractivity contribution in [2.24, 2.45) is 0 Å². The second-order valence-electron chi connectivity index (χ2n) is 7.65. The van der Waals surface area contributed by atoms with Gasteiger partial charge in [0.25, 0.3) is 11.1 Å². The van der Waals surface area contributed by atoms with Gasteiger partial charge in [0.2, 0.25) is 0 Å². The topological polar surface area (TPSA) is 55.8 Å². The number of halogens is 4. The molecule has 5 nitrogen and oxygen atoms in total. The molecule has 0 spiro atoms. The largest absolute Gasteiger partial charge is 0.490 e. The second-order valence-corrected chi connectivity index (χ2v) is 10.7. The van der Waals surface area contributed by atoms with Gasteiger partial charge in [-0.2, -0.15) is 0 Å². The van der Waals surface area contributed by atoms with Crippen LogP contribution in [0.1, 0.15) is 23.6 Å². The predicted molar refractivity (Wildman–Crippen MR) is 149 cm³/mol. The van der Waals surface area contributed by atoms with Gasteiger partial charge >= 0.3 is 0 Å². The molecule has 2 amide bonds. The van der Waals surface area contributed by atoms with Gasteiger partial charge in [-0.15, -0.1) is 0 Å². The van der Waals surface area contributed by atoms with Gasteiger partial charge < -0.3 is 9.47 Å². The molecule has 10 heteroatoms. The first-order valence-corrected chi connectivity index (χ1v) is 13.5. The van der Waals surface area contributed by atoms with E-state index in [4.69, 9.17) is 44.3 Å². The fourth-order valence-electron chi connectivity index (χ4n) is 3.45. The first-order chi connectivity index (χ1) is 17.3. The Morgan fingerprint density at radius 1 is 0.972 bits per heavy atom. The minimum atomic E-state index is -0.399. The highest BCUT2D eigenvalue weighted by atomic mass is 79.9. The molecule has 0 bridgehead atoms. The van der Waals surface area contributed by atoms with Crippen molar-refractivity contribution in [3.63, 3.8) is 0 Å². The van der Waals surface area contributed by atoms with Crippen LogP contribution >= 0.6 is 62.5 Å². The van der Waals surface area contributed by atoms with E-state index in [2.05, 4.69) is 15.9 Å². The summed E-state index contributed by atoms with van der Waals surface area (Å²) < 4.78 is 12.5. The molecule has 1 aliphatic heterocycles. The van der Waals surface area contributed by atoms with E-state index in [-0.39, 0.29) is 18.4 Å². The molecule has 1 fully saturated rings. The third-order valence-electron chi connectivity index (χ3n) is 5.18. The van der Waals surface area contributed by atoms with Gasteiger partial charge in [0, 0.05) is 20.6 Å². The smallest absolute Gasteiger partial charge is 0.293 e. The van der Waals surface area contributed by atoms with Gasteiger partial charge in [-0.25, -0.2) is 0 Å². The summed E-state index contributed by atoms with van der Waals surface area (Å²) in [7, 11) is 0. The maximum atomic E-state index is 13.0. The summed E-state index contributed by atoms with van der Waals surface area (Å²) in [6.45, 7) is 2.59. The van der Waals surface area contributed by atoms with E-state index in [9.17, 15) is 9.59 Å². The fraction of sp³-hybridized carbons (Fsp3) is 0.154. The molecule has 0 radical (unpaired) electrons. The normalized spacial score (nSPS) is 14.6. The first kappa shape index (κ1) is 26.9. The summed E-state index contributed by atoms with van der Waals surface area (Å²) in [5, 5.41) is 1.11. The van der Waals surface area contributed by atoms with Gasteiger partial charge in [0.1, 0.15) is 6.61 Å². The SMILES string of the molecule is CCOc1cc(/C=C2\SC(=O)N(Cc3ccc(Cl)cc3Cl)C2=O)cc(Br)c1OCc1ccccc1Cl. The molecule has 3 aromatic rings. The molecule has 1 aliphatic rings. The number of amides is 2. The third-order valence-corrected chi connectivity index (χ3v) is 7.63. The quantitative estimate of drug-likeness (QED) is 0.234. The molecule has 0 unspecified atom stereocenters. The Bertz CT molecular complexity index is 1370. The van der Waals surface area contributed by atoms with Gasteiger partial charge in [-0.05, 0) is 82.2 Å². The number of carbonyl (C=O) groups excluding carboxylic acids is 2. The Balaban J connectivity index is 1.56. The van der Waals surface area contributed by atoms with Gasteiger partial charge in [0.15, 0.2) is 11.5 Å².